The molecule has 1 unspecified atom stereocenters. The van der Waals surface area contributed by atoms with Crippen molar-refractivity contribution in [1.29, 1.82) is 0 Å². The average molecular weight is 526 g/mol. The number of rotatable bonds is 5. The van der Waals surface area contributed by atoms with Gasteiger partial charge < -0.3 is 25.8 Å². The van der Waals surface area contributed by atoms with E-state index in [4.69, 9.17) is 4.74 Å². The van der Waals surface area contributed by atoms with Crippen LogP contribution < -0.4 is 20.7 Å². The summed E-state index contributed by atoms with van der Waals surface area (Å²) in [5.74, 6) is -1.00. The summed E-state index contributed by atoms with van der Waals surface area (Å²) in [4.78, 5) is 24.5. The highest BCUT2D eigenvalue weighted by molar-refractivity contribution is 5.84. The number of hydrogen-bond donors (Lipinski definition) is 4. The number of carbonyl (C=O) groups excluding carboxylic acids is 2. The van der Waals surface area contributed by atoms with Crippen molar-refractivity contribution in [3.8, 4) is 5.75 Å². The van der Waals surface area contributed by atoms with Crippen LogP contribution in [0.3, 0.4) is 0 Å². The van der Waals surface area contributed by atoms with E-state index in [1.807, 2.05) is 0 Å². The molecule has 0 radical (unpaired) electrons. The van der Waals surface area contributed by atoms with Gasteiger partial charge in [-0.1, -0.05) is 18.2 Å². The van der Waals surface area contributed by atoms with Crippen molar-refractivity contribution >= 4 is 11.8 Å². The summed E-state index contributed by atoms with van der Waals surface area (Å²) in [6, 6.07) is 8.11. The van der Waals surface area contributed by atoms with E-state index >= 15 is 0 Å². The summed E-state index contributed by atoms with van der Waals surface area (Å²) in [6.07, 6.45) is -3.29. The molecule has 37 heavy (non-hydrogen) atoms. The van der Waals surface area contributed by atoms with Crippen molar-refractivity contribution in [2.24, 2.45) is 0 Å². The first kappa shape index (κ1) is 28.4. The van der Waals surface area contributed by atoms with E-state index < -0.39 is 35.6 Å². The van der Waals surface area contributed by atoms with Crippen LogP contribution in [0.2, 0.25) is 0 Å². The zero-order valence-electron chi connectivity index (χ0n) is 20.2. The number of amides is 2. The lowest BCUT2D eigenvalue weighted by molar-refractivity contribution is -0.137. The third-order valence-corrected chi connectivity index (χ3v) is 5.90. The van der Waals surface area contributed by atoms with E-state index in [1.165, 1.54) is 24.3 Å². The first-order valence-electron chi connectivity index (χ1n) is 12.1. The highest BCUT2D eigenvalue weighted by Gasteiger charge is 2.30. The molecule has 0 saturated carbocycles. The van der Waals surface area contributed by atoms with Gasteiger partial charge in [0.1, 0.15) is 11.6 Å². The predicted molar refractivity (Wildman–Crippen MR) is 128 cm³/mol. The Bertz CT molecular complexity index is 1060. The first-order chi connectivity index (χ1) is 17.6. The molecular formula is C26H31F4N3O4. The maximum Gasteiger partial charge on any atom is 0.416 e. The maximum atomic E-state index is 14.2. The van der Waals surface area contributed by atoms with Gasteiger partial charge in [0, 0.05) is 25.6 Å². The number of nitrogens with one attached hydrogen (secondary N) is 3. The minimum atomic E-state index is -4.47. The molecule has 0 spiro atoms. The van der Waals surface area contributed by atoms with Crippen LogP contribution in [0.5, 0.6) is 5.75 Å². The van der Waals surface area contributed by atoms with Gasteiger partial charge in [0.15, 0.2) is 0 Å². The van der Waals surface area contributed by atoms with E-state index in [-0.39, 0.29) is 38.4 Å². The van der Waals surface area contributed by atoms with Gasteiger partial charge in [-0.05, 0) is 55.0 Å². The Morgan fingerprint density at radius 3 is 2.68 bits per heavy atom. The third-order valence-electron chi connectivity index (χ3n) is 5.90. The number of benzene rings is 2. The lowest BCUT2D eigenvalue weighted by atomic mass is 10.00. The highest BCUT2D eigenvalue weighted by Crippen LogP contribution is 2.29. The number of hydrogen-bond acceptors (Lipinski definition) is 5. The second-order valence-corrected chi connectivity index (χ2v) is 9.01. The van der Waals surface area contributed by atoms with Gasteiger partial charge in [-0.25, -0.2) is 4.39 Å². The molecule has 2 aromatic rings. The molecular weight excluding hydrogens is 494 g/mol. The molecule has 1 aliphatic rings. The summed E-state index contributed by atoms with van der Waals surface area (Å²) < 4.78 is 58.7. The molecule has 0 saturated heterocycles. The molecule has 2 atom stereocenters. The van der Waals surface area contributed by atoms with E-state index in [9.17, 15) is 32.3 Å². The number of ether oxygens (including phenoxy) is 1. The van der Waals surface area contributed by atoms with Gasteiger partial charge in [-0.3, -0.25) is 9.59 Å². The van der Waals surface area contributed by atoms with Crippen LogP contribution in [-0.4, -0.2) is 48.8 Å². The van der Waals surface area contributed by atoms with Gasteiger partial charge in [0.05, 0.1) is 30.9 Å². The first-order valence-corrected chi connectivity index (χ1v) is 12.1. The molecule has 0 aliphatic carbocycles. The molecule has 1 aliphatic heterocycles. The second kappa shape index (κ2) is 13.4. The zero-order valence-corrected chi connectivity index (χ0v) is 20.2. The Hall–Kier alpha value is -3.18. The topological polar surface area (TPSA) is 99.7 Å². The van der Waals surface area contributed by atoms with Crippen LogP contribution in [0.25, 0.3) is 0 Å². The molecule has 11 heteroatoms. The van der Waals surface area contributed by atoms with Crippen LogP contribution in [0.4, 0.5) is 17.6 Å². The SMILES string of the molecule is O=C1CCCCCOc2cc(F)cc(c2)CC([C@H](O)CNCc2cccc(C(F)(F)F)c2)NC(=O)CN1. The average Bonchev–Trinajstić information content (AvgIpc) is 2.83. The van der Waals surface area contributed by atoms with Crippen molar-refractivity contribution < 1.29 is 37.0 Å². The molecule has 2 aromatic carbocycles. The Balaban J connectivity index is 1.70. The molecule has 4 N–H and O–H groups in total. The van der Waals surface area contributed by atoms with Gasteiger partial charge in [0.25, 0.3) is 0 Å². The highest BCUT2D eigenvalue weighted by atomic mass is 19.4. The summed E-state index contributed by atoms with van der Waals surface area (Å²) in [7, 11) is 0. The van der Waals surface area contributed by atoms with Crippen molar-refractivity contribution in [3.05, 3.63) is 65.0 Å². The van der Waals surface area contributed by atoms with E-state index in [2.05, 4.69) is 16.0 Å². The molecule has 2 bridgehead atoms. The summed E-state index contributed by atoms with van der Waals surface area (Å²) in [5, 5.41) is 18.9. The van der Waals surface area contributed by atoms with Gasteiger partial charge >= 0.3 is 6.18 Å². The summed E-state index contributed by atoms with van der Waals surface area (Å²) in [6.45, 7) is 0.0614. The molecule has 3 rings (SSSR count). The minimum Gasteiger partial charge on any atom is -0.493 e. The Kier molecular flexibility index (Phi) is 10.3. The maximum absolute atomic E-state index is 14.2. The minimum absolute atomic E-state index is 0.0512. The number of alkyl halides is 3. The Morgan fingerprint density at radius 1 is 1.08 bits per heavy atom. The van der Waals surface area contributed by atoms with Gasteiger partial charge in [0.2, 0.25) is 11.8 Å². The molecule has 202 valence electrons. The Morgan fingerprint density at radius 2 is 1.89 bits per heavy atom. The fraction of sp³-hybridized carbons (Fsp3) is 0.462. The number of aliphatic hydroxyl groups is 1. The molecule has 2 amide bonds. The van der Waals surface area contributed by atoms with Crippen LogP contribution in [0.1, 0.15) is 42.4 Å². The van der Waals surface area contributed by atoms with Crippen LogP contribution >= 0.6 is 0 Å². The van der Waals surface area contributed by atoms with E-state index in [1.54, 1.807) is 6.07 Å². The van der Waals surface area contributed by atoms with Gasteiger partial charge in [-0.15, -0.1) is 0 Å². The van der Waals surface area contributed by atoms with E-state index in [0.717, 1.165) is 18.6 Å². The molecule has 0 fully saturated rings. The standard InChI is InChI=1S/C26H31F4N3O4/c27-20-10-18-11-21(13-20)37-8-3-1-2-7-24(35)32-16-25(36)33-22(12-18)23(34)15-31-14-17-5-4-6-19(9-17)26(28,29)30/h4-6,9-11,13,22-23,31,34H,1-3,7-8,12,14-16H2,(H,32,35)(H,33,36)/t22?,23-/m1/s1. The Labute approximate surface area is 212 Å². The lowest BCUT2D eigenvalue weighted by Gasteiger charge is -2.25. The van der Waals surface area contributed by atoms with Gasteiger partial charge in [-0.2, -0.15) is 13.2 Å². The molecule has 0 aromatic heterocycles. The zero-order chi connectivity index (χ0) is 26.8. The van der Waals surface area contributed by atoms with E-state index in [0.29, 0.717) is 36.3 Å². The molecule has 1 heterocycles. The monoisotopic (exact) mass is 525 g/mol. The van der Waals surface area contributed by atoms with Crippen molar-refractivity contribution in [1.82, 2.24) is 16.0 Å². The summed E-state index contributed by atoms with van der Waals surface area (Å²) in [5.41, 5.74) is 0.0790. The largest absolute Gasteiger partial charge is 0.493 e. The quantitative estimate of drug-likeness (QED) is 0.450. The third kappa shape index (κ3) is 9.66. The second-order valence-electron chi connectivity index (χ2n) is 9.01. The smallest absolute Gasteiger partial charge is 0.416 e. The molecule has 7 nitrogen and oxygen atoms in total. The number of halogens is 4. The van der Waals surface area contributed by atoms with Crippen molar-refractivity contribution in [3.63, 3.8) is 0 Å². The van der Waals surface area contributed by atoms with Crippen molar-refractivity contribution in [2.75, 3.05) is 19.7 Å². The van der Waals surface area contributed by atoms with Crippen LogP contribution in [0, 0.1) is 5.82 Å². The van der Waals surface area contributed by atoms with Crippen LogP contribution in [-0.2, 0) is 28.7 Å². The number of carbonyl (C=O) groups is 2. The van der Waals surface area contributed by atoms with Crippen LogP contribution in [0.15, 0.2) is 42.5 Å². The predicted octanol–water partition coefficient (Wildman–Crippen LogP) is 3.09. The summed E-state index contributed by atoms with van der Waals surface area (Å²) >= 11 is 0. The lowest BCUT2D eigenvalue weighted by Crippen LogP contribution is -2.51. The fourth-order valence-corrected chi connectivity index (χ4v) is 4.00. The fourth-order valence-electron chi connectivity index (χ4n) is 4.00. The number of fused-ring (bicyclic) bond motifs is 2. The normalized spacial score (nSPS) is 18.9. The number of aliphatic hydroxyl groups excluding tert-OH is 1. The van der Waals surface area contributed by atoms with Crippen molar-refractivity contribution in [2.45, 2.75) is 57.0 Å².